The Morgan fingerprint density at radius 1 is 1.47 bits per heavy atom. The van der Waals surface area contributed by atoms with E-state index in [-0.39, 0.29) is 0 Å². The molecule has 1 aromatic carbocycles. The van der Waals surface area contributed by atoms with Crippen molar-refractivity contribution in [2.45, 2.75) is 18.6 Å². The third-order valence-electron chi connectivity index (χ3n) is 3.35. The van der Waals surface area contributed by atoms with E-state index in [2.05, 4.69) is 29.7 Å². The zero-order chi connectivity index (χ0) is 13.5. The lowest BCUT2D eigenvalue weighted by Gasteiger charge is -2.31. The molecule has 0 bridgehead atoms. The normalized spacial score (nSPS) is 19.9. The Morgan fingerprint density at radius 3 is 3.11 bits per heavy atom. The lowest BCUT2D eigenvalue weighted by molar-refractivity contribution is 0.212. The maximum absolute atomic E-state index is 8.99. The number of rotatable bonds is 5. The molecule has 19 heavy (non-hydrogen) atoms. The predicted molar refractivity (Wildman–Crippen MR) is 79.6 cm³/mol. The van der Waals surface area contributed by atoms with Gasteiger partial charge in [-0.25, -0.2) is 0 Å². The molecule has 2 rings (SSSR count). The van der Waals surface area contributed by atoms with Crippen molar-refractivity contribution in [2.24, 2.45) is 0 Å². The maximum atomic E-state index is 8.99. The standard InChI is InChI=1S/C15H20N2OS/c1-2-14-12-17(8-10-19-14)7-9-18-15-6-4-3-5-13(15)11-16/h3-6,14H,2,7-10,12H2,1H3. The molecule has 1 aromatic rings. The van der Waals surface area contributed by atoms with Crippen LogP contribution in [-0.2, 0) is 0 Å². The van der Waals surface area contributed by atoms with Crippen LogP contribution in [0.3, 0.4) is 0 Å². The van der Waals surface area contributed by atoms with Gasteiger partial charge in [-0.15, -0.1) is 0 Å². The third-order valence-corrected chi connectivity index (χ3v) is 4.72. The van der Waals surface area contributed by atoms with Gasteiger partial charge in [-0.05, 0) is 18.6 Å². The van der Waals surface area contributed by atoms with Gasteiger partial charge in [0.15, 0.2) is 0 Å². The summed E-state index contributed by atoms with van der Waals surface area (Å²) in [5.41, 5.74) is 0.614. The first kappa shape index (κ1) is 14.2. The molecule has 0 amide bonds. The van der Waals surface area contributed by atoms with Crippen molar-refractivity contribution >= 4 is 11.8 Å². The van der Waals surface area contributed by atoms with Crippen LogP contribution in [0.15, 0.2) is 24.3 Å². The fourth-order valence-electron chi connectivity index (χ4n) is 2.20. The van der Waals surface area contributed by atoms with Crippen LogP contribution >= 0.6 is 11.8 Å². The van der Waals surface area contributed by atoms with Crippen molar-refractivity contribution in [1.82, 2.24) is 4.90 Å². The van der Waals surface area contributed by atoms with Crippen LogP contribution in [0.25, 0.3) is 0 Å². The fourth-order valence-corrected chi connectivity index (χ4v) is 3.45. The van der Waals surface area contributed by atoms with E-state index in [9.17, 15) is 0 Å². The summed E-state index contributed by atoms with van der Waals surface area (Å²) in [4.78, 5) is 2.46. The SMILES string of the molecule is CCC1CN(CCOc2ccccc2C#N)CCS1. The van der Waals surface area contributed by atoms with Crippen LogP contribution in [0.4, 0.5) is 0 Å². The summed E-state index contributed by atoms with van der Waals surface area (Å²) >= 11 is 2.08. The van der Waals surface area contributed by atoms with Crippen LogP contribution in [-0.4, -0.2) is 42.1 Å². The summed E-state index contributed by atoms with van der Waals surface area (Å²) in [6.45, 7) is 6.15. The van der Waals surface area contributed by atoms with Gasteiger partial charge in [-0.2, -0.15) is 17.0 Å². The van der Waals surface area contributed by atoms with Gasteiger partial charge in [0.1, 0.15) is 18.4 Å². The molecule has 102 valence electrons. The summed E-state index contributed by atoms with van der Waals surface area (Å²) < 4.78 is 5.73. The van der Waals surface area contributed by atoms with Crippen LogP contribution in [0.5, 0.6) is 5.75 Å². The molecule has 1 aliphatic heterocycles. The van der Waals surface area contributed by atoms with Gasteiger partial charge in [0.2, 0.25) is 0 Å². The molecule has 1 fully saturated rings. The largest absolute Gasteiger partial charge is 0.491 e. The van der Waals surface area contributed by atoms with Crippen LogP contribution in [0.2, 0.25) is 0 Å². The monoisotopic (exact) mass is 276 g/mol. The van der Waals surface area contributed by atoms with Crippen molar-refractivity contribution in [3.05, 3.63) is 29.8 Å². The number of hydrogen-bond donors (Lipinski definition) is 0. The first-order valence-electron chi connectivity index (χ1n) is 6.79. The summed E-state index contributed by atoms with van der Waals surface area (Å²) in [7, 11) is 0. The second-order valence-electron chi connectivity index (χ2n) is 4.66. The topological polar surface area (TPSA) is 36.3 Å². The highest BCUT2D eigenvalue weighted by Gasteiger charge is 2.18. The maximum Gasteiger partial charge on any atom is 0.137 e. The number of hydrogen-bond acceptors (Lipinski definition) is 4. The van der Waals surface area contributed by atoms with E-state index in [1.165, 1.54) is 12.2 Å². The van der Waals surface area contributed by atoms with E-state index in [1.54, 1.807) is 6.07 Å². The van der Waals surface area contributed by atoms with Gasteiger partial charge in [-0.3, -0.25) is 4.90 Å². The molecule has 1 saturated heterocycles. The molecule has 0 aliphatic carbocycles. The first-order valence-corrected chi connectivity index (χ1v) is 7.84. The van der Waals surface area contributed by atoms with E-state index in [1.807, 2.05) is 18.2 Å². The molecular weight excluding hydrogens is 256 g/mol. The number of para-hydroxylation sites is 1. The quantitative estimate of drug-likeness (QED) is 0.828. The molecule has 4 heteroatoms. The lowest BCUT2D eigenvalue weighted by Crippen LogP contribution is -2.39. The summed E-state index contributed by atoms with van der Waals surface area (Å²) in [5, 5.41) is 9.75. The minimum absolute atomic E-state index is 0.614. The number of ether oxygens (including phenoxy) is 1. The Bertz CT molecular complexity index is 444. The molecule has 1 atom stereocenters. The highest BCUT2D eigenvalue weighted by Crippen LogP contribution is 2.21. The van der Waals surface area contributed by atoms with E-state index in [4.69, 9.17) is 10.00 Å². The van der Waals surface area contributed by atoms with Crippen molar-refractivity contribution < 1.29 is 4.74 Å². The predicted octanol–water partition coefficient (Wildman–Crippen LogP) is 2.76. The Kier molecular flexibility index (Phi) is 5.56. The van der Waals surface area contributed by atoms with E-state index < -0.39 is 0 Å². The third kappa shape index (κ3) is 4.15. The Balaban J connectivity index is 1.79. The minimum atomic E-state index is 0.614. The zero-order valence-electron chi connectivity index (χ0n) is 11.3. The average Bonchev–Trinajstić information content (AvgIpc) is 2.48. The molecule has 1 aliphatic rings. The molecule has 0 aromatic heterocycles. The van der Waals surface area contributed by atoms with E-state index >= 15 is 0 Å². The van der Waals surface area contributed by atoms with Crippen LogP contribution < -0.4 is 4.74 Å². The number of benzene rings is 1. The molecule has 0 N–H and O–H groups in total. The van der Waals surface area contributed by atoms with Crippen molar-refractivity contribution in [2.75, 3.05) is 32.0 Å². The van der Waals surface area contributed by atoms with Gasteiger partial charge >= 0.3 is 0 Å². The highest BCUT2D eigenvalue weighted by molar-refractivity contribution is 8.00. The van der Waals surface area contributed by atoms with E-state index in [0.29, 0.717) is 17.9 Å². The number of nitrogens with zero attached hydrogens (tertiary/aromatic N) is 2. The second kappa shape index (κ2) is 7.42. The molecule has 0 radical (unpaired) electrons. The summed E-state index contributed by atoms with van der Waals surface area (Å²) in [5.74, 6) is 1.91. The molecule has 0 spiro atoms. The molecule has 1 unspecified atom stereocenters. The van der Waals surface area contributed by atoms with Gasteiger partial charge in [-0.1, -0.05) is 19.1 Å². The van der Waals surface area contributed by atoms with Gasteiger partial charge in [0.05, 0.1) is 5.56 Å². The van der Waals surface area contributed by atoms with Gasteiger partial charge < -0.3 is 4.74 Å². The summed E-state index contributed by atoms with van der Waals surface area (Å²) in [6.07, 6.45) is 1.24. The smallest absolute Gasteiger partial charge is 0.137 e. The van der Waals surface area contributed by atoms with Gasteiger partial charge in [0, 0.05) is 30.6 Å². The van der Waals surface area contributed by atoms with Gasteiger partial charge in [0.25, 0.3) is 0 Å². The fraction of sp³-hybridized carbons (Fsp3) is 0.533. The second-order valence-corrected chi connectivity index (χ2v) is 6.07. The Morgan fingerprint density at radius 2 is 2.32 bits per heavy atom. The van der Waals surface area contributed by atoms with E-state index in [0.717, 1.165) is 24.9 Å². The number of thioether (sulfide) groups is 1. The Labute approximate surface area is 119 Å². The summed E-state index contributed by atoms with van der Waals surface area (Å²) in [6, 6.07) is 9.57. The minimum Gasteiger partial charge on any atom is -0.491 e. The molecule has 0 saturated carbocycles. The molecular formula is C15H20N2OS. The van der Waals surface area contributed by atoms with Crippen molar-refractivity contribution in [3.8, 4) is 11.8 Å². The van der Waals surface area contributed by atoms with Crippen molar-refractivity contribution in [3.63, 3.8) is 0 Å². The Hall–Kier alpha value is -1.18. The average molecular weight is 276 g/mol. The zero-order valence-corrected chi connectivity index (χ0v) is 12.2. The lowest BCUT2D eigenvalue weighted by atomic mass is 10.2. The van der Waals surface area contributed by atoms with Crippen molar-refractivity contribution in [1.29, 1.82) is 5.26 Å². The van der Waals surface area contributed by atoms with Crippen LogP contribution in [0, 0.1) is 11.3 Å². The first-order chi connectivity index (χ1) is 9.33. The molecule has 3 nitrogen and oxygen atoms in total. The number of nitriles is 1. The molecule has 1 heterocycles. The highest BCUT2D eigenvalue weighted by atomic mass is 32.2. The van der Waals surface area contributed by atoms with Crippen LogP contribution in [0.1, 0.15) is 18.9 Å².